The van der Waals surface area contributed by atoms with Crippen LogP contribution in [0.1, 0.15) is 39.9 Å². The molecular weight excluding hydrogens is 488 g/mol. The number of carbonyl (C=O) groups excluding carboxylic acids is 4. The van der Waals surface area contributed by atoms with E-state index >= 15 is 0 Å². The van der Waals surface area contributed by atoms with Crippen molar-refractivity contribution in [2.45, 2.75) is 38.6 Å². The first-order valence-corrected chi connectivity index (χ1v) is 12.2. The smallest absolute Gasteiger partial charge is 0.319 e. The Labute approximate surface area is 218 Å². The Kier molecular flexibility index (Phi) is 6.94. The van der Waals surface area contributed by atoms with E-state index in [1.54, 1.807) is 54.6 Å². The maximum Gasteiger partial charge on any atom is 0.319 e. The second kappa shape index (κ2) is 10.6. The van der Waals surface area contributed by atoms with Crippen LogP contribution in [0.3, 0.4) is 0 Å². The van der Waals surface area contributed by atoms with Gasteiger partial charge in [0.25, 0.3) is 5.91 Å². The van der Waals surface area contributed by atoms with Crippen LogP contribution in [0.15, 0.2) is 66.7 Å². The predicted molar refractivity (Wildman–Crippen MR) is 137 cm³/mol. The van der Waals surface area contributed by atoms with Gasteiger partial charge in [0.1, 0.15) is 24.1 Å². The summed E-state index contributed by atoms with van der Waals surface area (Å²) < 4.78 is 5.69. The standard InChI is InChI=1S/C28H26N4O6/c33-24-4-2-1-3-18(24)16-38-21-8-6-20(7-9-21)30-28(37)29-14-17-5-10-22-19(13-17)15-32(27(22)36)23-11-12-25(34)31-26(23)35/h1-10,13,23,33H,11-12,14-16H2,(H2,29,30,37)(H,31,34,35). The molecule has 194 valence electrons. The number of anilines is 1. The fourth-order valence-electron chi connectivity index (χ4n) is 4.52. The second-order valence-electron chi connectivity index (χ2n) is 9.14. The number of hydrogen-bond acceptors (Lipinski definition) is 6. The van der Waals surface area contributed by atoms with E-state index in [2.05, 4.69) is 16.0 Å². The Bertz CT molecular complexity index is 1400. The fraction of sp³-hybridized carbons (Fsp3) is 0.214. The molecule has 2 aliphatic heterocycles. The summed E-state index contributed by atoms with van der Waals surface area (Å²) in [4.78, 5) is 50.4. The van der Waals surface area contributed by atoms with E-state index < -0.39 is 18.0 Å². The number of hydrogen-bond donors (Lipinski definition) is 4. The molecule has 0 radical (unpaired) electrons. The minimum atomic E-state index is -0.665. The van der Waals surface area contributed by atoms with Crippen molar-refractivity contribution in [3.05, 3.63) is 89.0 Å². The summed E-state index contributed by atoms with van der Waals surface area (Å²) in [5, 5.41) is 17.7. The van der Waals surface area contributed by atoms with Crippen molar-refractivity contribution in [2.75, 3.05) is 5.32 Å². The van der Waals surface area contributed by atoms with Crippen molar-refractivity contribution < 1.29 is 29.0 Å². The van der Waals surface area contributed by atoms with Crippen molar-refractivity contribution in [1.82, 2.24) is 15.5 Å². The summed E-state index contributed by atoms with van der Waals surface area (Å²) in [7, 11) is 0. The molecule has 0 aliphatic carbocycles. The number of para-hydroxylation sites is 1. The monoisotopic (exact) mass is 514 g/mol. The first-order chi connectivity index (χ1) is 18.4. The number of urea groups is 1. The molecule has 0 aromatic heterocycles. The second-order valence-corrected chi connectivity index (χ2v) is 9.14. The summed E-state index contributed by atoms with van der Waals surface area (Å²) >= 11 is 0. The molecule has 0 saturated carbocycles. The number of phenols is 1. The number of benzene rings is 3. The third kappa shape index (κ3) is 5.44. The predicted octanol–water partition coefficient (Wildman–Crippen LogP) is 3.05. The summed E-state index contributed by atoms with van der Waals surface area (Å²) in [5.41, 5.74) is 3.36. The van der Waals surface area contributed by atoms with Gasteiger partial charge in [-0.2, -0.15) is 0 Å². The molecule has 0 spiro atoms. The van der Waals surface area contributed by atoms with Crippen LogP contribution in [0.4, 0.5) is 10.5 Å². The van der Waals surface area contributed by atoms with Crippen LogP contribution in [0.2, 0.25) is 0 Å². The first kappa shape index (κ1) is 24.8. The summed E-state index contributed by atoms with van der Waals surface area (Å²) in [6.07, 6.45) is 0.511. The van der Waals surface area contributed by atoms with Crippen LogP contribution in [0, 0.1) is 0 Å². The van der Waals surface area contributed by atoms with Gasteiger partial charge in [-0.1, -0.05) is 30.3 Å². The van der Waals surface area contributed by atoms with E-state index in [1.165, 1.54) is 4.90 Å². The molecule has 1 unspecified atom stereocenters. The molecule has 10 nitrogen and oxygen atoms in total. The number of imide groups is 1. The van der Waals surface area contributed by atoms with E-state index in [4.69, 9.17) is 4.74 Å². The minimum Gasteiger partial charge on any atom is -0.508 e. The van der Waals surface area contributed by atoms with E-state index in [0.717, 1.165) is 11.1 Å². The lowest BCUT2D eigenvalue weighted by Crippen LogP contribution is -2.52. The number of amides is 5. The van der Waals surface area contributed by atoms with Gasteiger partial charge in [-0.25, -0.2) is 4.79 Å². The Morgan fingerprint density at radius 3 is 2.61 bits per heavy atom. The molecule has 10 heteroatoms. The zero-order chi connectivity index (χ0) is 26.6. The third-order valence-electron chi connectivity index (χ3n) is 6.54. The Morgan fingerprint density at radius 2 is 1.84 bits per heavy atom. The number of phenolic OH excluding ortho intramolecular Hbond substituents is 1. The average Bonchev–Trinajstić information content (AvgIpc) is 3.23. The van der Waals surface area contributed by atoms with E-state index in [1.807, 2.05) is 12.1 Å². The molecule has 4 N–H and O–H groups in total. The molecule has 1 atom stereocenters. The zero-order valence-corrected chi connectivity index (χ0v) is 20.4. The van der Waals surface area contributed by atoms with Crippen molar-refractivity contribution in [3.63, 3.8) is 0 Å². The number of piperidine rings is 1. The van der Waals surface area contributed by atoms with Crippen LogP contribution in [0.25, 0.3) is 0 Å². The van der Waals surface area contributed by atoms with Gasteiger partial charge in [0.2, 0.25) is 11.8 Å². The Hall–Kier alpha value is -4.86. The number of aromatic hydroxyl groups is 1. The maximum absolute atomic E-state index is 12.8. The molecule has 0 bridgehead atoms. The fourth-order valence-corrected chi connectivity index (χ4v) is 4.52. The van der Waals surface area contributed by atoms with Crippen molar-refractivity contribution in [1.29, 1.82) is 0 Å². The first-order valence-electron chi connectivity index (χ1n) is 12.2. The van der Waals surface area contributed by atoms with Crippen molar-refractivity contribution >= 4 is 29.4 Å². The van der Waals surface area contributed by atoms with Gasteiger partial charge in [0.15, 0.2) is 0 Å². The molecule has 3 aromatic rings. The molecular formula is C28H26N4O6. The number of carbonyl (C=O) groups is 4. The van der Waals surface area contributed by atoms with Gasteiger partial charge >= 0.3 is 6.03 Å². The van der Waals surface area contributed by atoms with E-state index in [0.29, 0.717) is 29.0 Å². The largest absolute Gasteiger partial charge is 0.508 e. The minimum absolute atomic E-state index is 0.170. The van der Waals surface area contributed by atoms with Crippen LogP contribution >= 0.6 is 0 Å². The van der Waals surface area contributed by atoms with Crippen LogP contribution < -0.4 is 20.7 Å². The highest BCUT2D eigenvalue weighted by Gasteiger charge is 2.39. The molecule has 2 aliphatic rings. The summed E-state index contributed by atoms with van der Waals surface area (Å²) in [6, 6.07) is 18.1. The zero-order valence-electron chi connectivity index (χ0n) is 20.4. The summed E-state index contributed by atoms with van der Waals surface area (Å²) in [5.74, 6) is -0.242. The normalized spacial score (nSPS) is 16.6. The highest BCUT2D eigenvalue weighted by Crippen LogP contribution is 2.28. The Balaban J connectivity index is 1.12. The van der Waals surface area contributed by atoms with Crippen LogP contribution in [0.5, 0.6) is 11.5 Å². The lowest BCUT2D eigenvalue weighted by Gasteiger charge is -2.29. The Morgan fingerprint density at radius 1 is 1.05 bits per heavy atom. The molecule has 1 saturated heterocycles. The van der Waals surface area contributed by atoms with E-state index in [-0.39, 0.29) is 43.7 Å². The quantitative estimate of drug-likeness (QED) is 0.358. The van der Waals surface area contributed by atoms with Crippen LogP contribution in [-0.2, 0) is 29.3 Å². The van der Waals surface area contributed by atoms with Gasteiger partial charge < -0.3 is 25.4 Å². The number of ether oxygens (including phenoxy) is 1. The topological polar surface area (TPSA) is 137 Å². The van der Waals surface area contributed by atoms with Crippen molar-refractivity contribution in [2.24, 2.45) is 0 Å². The van der Waals surface area contributed by atoms with Gasteiger partial charge in [0, 0.05) is 36.3 Å². The molecule has 5 rings (SSSR count). The summed E-state index contributed by atoms with van der Waals surface area (Å²) in [6.45, 7) is 0.740. The lowest BCUT2D eigenvalue weighted by molar-refractivity contribution is -0.136. The maximum atomic E-state index is 12.8. The number of nitrogens with zero attached hydrogens (tertiary/aromatic N) is 1. The average molecular weight is 515 g/mol. The highest BCUT2D eigenvalue weighted by atomic mass is 16.5. The number of rotatable bonds is 7. The van der Waals surface area contributed by atoms with Gasteiger partial charge in [-0.15, -0.1) is 0 Å². The number of fused-ring (bicyclic) bond motifs is 1. The van der Waals surface area contributed by atoms with Gasteiger partial charge in [-0.3, -0.25) is 19.7 Å². The van der Waals surface area contributed by atoms with Gasteiger partial charge in [-0.05, 0) is 53.9 Å². The van der Waals surface area contributed by atoms with Gasteiger partial charge in [0.05, 0.1) is 0 Å². The molecule has 38 heavy (non-hydrogen) atoms. The van der Waals surface area contributed by atoms with Crippen LogP contribution in [-0.4, -0.2) is 39.8 Å². The van der Waals surface area contributed by atoms with Crippen molar-refractivity contribution in [3.8, 4) is 11.5 Å². The lowest BCUT2D eigenvalue weighted by atomic mass is 10.0. The number of nitrogens with one attached hydrogen (secondary N) is 3. The highest BCUT2D eigenvalue weighted by molar-refractivity contribution is 6.05. The van der Waals surface area contributed by atoms with E-state index in [9.17, 15) is 24.3 Å². The molecule has 1 fully saturated rings. The third-order valence-corrected chi connectivity index (χ3v) is 6.54. The molecule has 2 heterocycles. The SMILES string of the molecule is O=C1CCC(N2Cc3cc(CNC(=O)Nc4ccc(OCc5ccccc5O)cc4)ccc3C2=O)C(=O)N1. The molecule has 3 aromatic carbocycles. The molecule has 5 amide bonds.